The molecule has 3 rings (SSSR count). The minimum absolute atomic E-state index is 0.0578. The van der Waals surface area contributed by atoms with Crippen LogP contribution in [-0.4, -0.2) is 35.9 Å². The normalized spacial score (nSPS) is 27.6. The number of carbonyl (C=O) groups is 1. The summed E-state index contributed by atoms with van der Waals surface area (Å²) in [5.41, 5.74) is -1.03. The van der Waals surface area contributed by atoms with E-state index in [1.165, 1.54) is 22.7 Å². The van der Waals surface area contributed by atoms with Crippen LogP contribution in [0.2, 0.25) is 0 Å². The maximum absolute atomic E-state index is 12.7. The number of nitrogens with zero attached hydrogens (tertiary/aromatic N) is 1. The third-order valence-corrected chi connectivity index (χ3v) is 5.89. The highest BCUT2D eigenvalue weighted by atomic mass is 32.1. The number of hydrogen-bond donors (Lipinski definition) is 1. The molecular weight excluding hydrogens is 290 g/mol. The molecule has 0 unspecified atom stereocenters. The molecule has 0 aliphatic carbocycles. The fourth-order valence-corrected chi connectivity index (χ4v) is 4.43. The molecule has 5 heteroatoms. The van der Waals surface area contributed by atoms with Gasteiger partial charge in [0.2, 0.25) is 0 Å². The predicted molar refractivity (Wildman–Crippen MR) is 82.5 cm³/mol. The lowest BCUT2D eigenvalue weighted by Crippen LogP contribution is -2.51. The molecule has 0 saturated carbocycles. The Hall–Kier alpha value is -1.01. The van der Waals surface area contributed by atoms with Crippen molar-refractivity contribution in [2.45, 2.75) is 12.0 Å². The molecule has 2 aromatic rings. The first-order valence-corrected chi connectivity index (χ1v) is 8.40. The molecule has 0 amide bonds. The molecule has 3 heterocycles. The maximum Gasteiger partial charge on any atom is 0.180 e. The SMILES string of the molecule is CN1CC[C@](O)(c2cccs2)[C@H](C(=O)c2cccs2)C1. The minimum atomic E-state index is -1.03. The molecule has 2 aromatic heterocycles. The standard InChI is InChI=1S/C15H17NO2S2/c1-16-7-6-15(18,13-5-3-9-20-13)11(10-16)14(17)12-4-2-8-19-12/h2-5,8-9,11,18H,6-7,10H2,1H3/t11-,15+/m0/s1. The lowest BCUT2D eigenvalue weighted by Gasteiger charge is -2.42. The van der Waals surface area contributed by atoms with E-state index in [9.17, 15) is 9.90 Å². The summed E-state index contributed by atoms with van der Waals surface area (Å²) in [5, 5.41) is 15.0. The van der Waals surface area contributed by atoms with Crippen molar-refractivity contribution >= 4 is 28.5 Å². The second-order valence-electron chi connectivity index (χ2n) is 5.31. The molecule has 1 aliphatic rings. The van der Waals surface area contributed by atoms with Crippen molar-refractivity contribution in [2.75, 3.05) is 20.1 Å². The summed E-state index contributed by atoms with van der Waals surface area (Å²) in [7, 11) is 2.00. The van der Waals surface area contributed by atoms with Crippen LogP contribution in [0.3, 0.4) is 0 Å². The van der Waals surface area contributed by atoms with E-state index in [4.69, 9.17) is 0 Å². The smallest absolute Gasteiger partial charge is 0.180 e. The number of hydrogen-bond acceptors (Lipinski definition) is 5. The van der Waals surface area contributed by atoms with E-state index in [1.807, 2.05) is 42.1 Å². The lowest BCUT2D eigenvalue weighted by atomic mass is 9.77. The summed E-state index contributed by atoms with van der Waals surface area (Å²) in [4.78, 5) is 16.5. The van der Waals surface area contributed by atoms with Crippen molar-refractivity contribution < 1.29 is 9.90 Å². The largest absolute Gasteiger partial charge is 0.383 e. The van der Waals surface area contributed by atoms with E-state index in [0.717, 1.165) is 16.3 Å². The highest BCUT2D eigenvalue weighted by molar-refractivity contribution is 7.12. The number of aliphatic hydroxyl groups is 1. The molecule has 0 bridgehead atoms. The first-order chi connectivity index (χ1) is 9.61. The fraction of sp³-hybridized carbons (Fsp3) is 0.400. The van der Waals surface area contributed by atoms with Crippen molar-refractivity contribution in [2.24, 2.45) is 5.92 Å². The van der Waals surface area contributed by atoms with Crippen molar-refractivity contribution in [1.29, 1.82) is 0 Å². The zero-order valence-corrected chi connectivity index (χ0v) is 12.9. The highest BCUT2D eigenvalue weighted by Crippen LogP contribution is 2.41. The van der Waals surface area contributed by atoms with Crippen LogP contribution < -0.4 is 0 Å². The van der Waals surface area contributed by atoms with Crippen LogP contribution in [0.25, 0.3) is 0 Å². The van der Waals surface area contributed by atoms with E-state index in [0.29, 0.717) is 13.0 Å². The molecular formula is C15H17NO2S2. The van der Waals surface area contributed by atoms with Gasteiger partial charge in [0.25, 0.3) is 0 Å². The van der Waals surface area contributed by atoms with Crippen LogP contribution in [0, 0.1) is 5.92 Å². The summed E-state index contributed by atoms with van der Waals surface area (Å²) < 4.78 is 0. The summed E-state index contributed by atoms with van der Waals surface area (Å²) in [6.45, 7) is 1.41. The molecule has 1 N–H and O–H groups in total. The molecule has 0 aromatic carbocycles. The minimum Gasteiger partial charge on any atom is -0.383 e. The topological polar surface area (TPSA) is 40.5 Å². The van der Waals surface area contributed by atoms with Crippen LogP contribution in [0.4, 0.5) is 0 Å². The van der Waals surface area contributed by atoms with Crippen molar-refractivity contribution in [3.05, 3.63) is 44.8 Å². The Bertz CT molecular complexity index is 579. The van der Waals surface area contributed by atoms with Gasteiger partial charge in [-0.05, 0) is 36.4 Å². The van der Waals surface area contributed by atoms with Gasteiger partial charge in [-0.25, -0.2) is 0 Å². The summed E-state index contributed by atoms with van der Waals surface area (Å²) >= 11 is 2.98. The molecule has 3 nitrogen and oxygen atoms in total. The maximum atomic E-state index is 12.7. The van der Waals surface area contributed by atoms with Crippen LogP contribution >= 0.6 is 22.7 Å². The van der Waals surface area contributed by atoms with Gasteiger partial charge in [-0.2, -0.15) is 0 Å². The molecule has 0 spiro atoms. The molecule has 1 fully saturated rings. The monoisotopic (exact) mass is 307 g/mol. The van der Waals surface area contributed by atoms with E-state index in [-0.39, 0.29) is 5.78 Å². The number of thiophene rings is 2. The van der Waals surface area contributed by atoms with Crippen molar-refractivity contribution in [1.82, 2.24) is 4.90 Å². The summed E-state index contributed by atoms with van der Waals surface area (Å²) in [5.74, 6) is -0.332. The average Bonchev–Trinajstić information content (AvgIpc) is 3.13. The van der Waals surface area contributed by atoms with Crippen LogP contribution in [0.5, 0.6) is 0 Å². The van der Waals surface area contributed by atoms with Gasteiger partial charge < -0.3 is 10.0 Å². The summed E-state index contributed by atoms with van der Waals surface area (Å²) in [6.07, 6.45) is 0.603. The molecule has 0 radical (unpaired) electrons. The molecule has 1 saturated heterocycles. The van der Waals surface area contributed by atoms with Gasteiger partial charge in [-0.3, -0.25) is 4.79 Å². The average molecular weight is 307 g/mol. The van der Waals surface area contributed by atoms with Crippen LogP contribution in [0.15, 0.2) is 35.0 Å². The zero-order chi connectivity index (χ0) is 14.2. The van der Waals surface area contributed by atoms with E-state index < -0.39 is 11.5 Å². The van der Waals surface area contributed by atoms with Crippen LogP contribution in [-0.2, 0) is 5.60 Å². The Balaban J connectivity index is 1.97. The Morgan fingerprint density at radius 1 is 1.35 bits per heavy atom. The lowest BCUT2D eigenvalue weighted by molar-refractivity contribution is -0.0565. The van der Waals surface area contributed by atoms with Crippen molar-refractivity contribution in [3.63, 3.8) is 0 Å². The van der Waals surface area contributed by atoms with Gasteiger partial charge in [0.05, 0.1) is 10.8 Å². The van der Waals surface area contributed by atoms with E-state index in [2.05, 4.69) is 4.90 Å². The highest BCUT2D eigenvalue weighted by Gasteiger charge is 2.47. The molecule has 2 atom stereocenters. The zero-order valence-electron chi connectivity index (χ0n) is 11.3. The van der Waals surface area contributed by atoms with Gasteiger partial charge in [0, 0.05) is 18.0 Å². The predicted octanol–water partition coefficient (Wildman–Crippen LogP) is 2.83. The first kappa shape index (κ1) is 13.9. The number of ketones is 1. The van der Waals surface area contributed by atoms with Crippen molar-refractivity contribution in [3.8, 4) is 0 Å². The second-order valence-corrected chi connectivity index (χ2v) is 7.20. The Labute approximate surface area is 126 Å². The quantitative estimate of drug-likeness (QED) is 0.887. The van der Waals surface area contributed by atoms with Gasteiger partial charge >= 0.3 is 0 Å². The van der Waals surface area contributed by atoms with Gasteiger partial charge in [-0.1, -0.05) is 12.1 Å². The number of rotatable bonds is 3. The number of likely N-dealkylation sites (tertiary alicyclic amines) is 1. The Kier molecular flexibility index (Phi) is 3.77. The number of piperidine rings is 1. The Morgan fingerprint density at radius 3 is 2.75 bits per heavy atom. The van der Waals surface area contributed by atoms with E-state index >= 15 is 0 Å². The molecule has 106 valence electrons. The van der Waals surface area contributed by atoms with Gasteiger partial charge in [0.15, 0.2) is 5.78 Å². The number of carbonyl (C=O) groups excluding carboxylic acids is 1. The Morgan fingerprint density at radius 2 is 2.10 bits per heavy atom. The van der Waals surface area contributed by atoms with E-state index in [1.54, 1.807) is 0 Å². The molecule has 1 aliphatic heterocycles. The molecule has 20 heavy (non-hydrogen) atoms. The van der Waals surface area contributed by atoms with Crippen LogP contribution in [0.1, 0.15) is 21.0 Å². The third-order valence-electron chi connectivity index (χ3n) is 3.97. The third kappa shape index (κ3) is 2.35. The number of Topliss-reactive ketones (excluding diaryl/α,β-unsaturated/α-hetero) is 1. The first-order valence-electron chi connectivity index (χ1n) is 6.64. The second kappa shape index (κ2) is 5.41. The summed E-state index contributed by atoms with van der Waals surface area (Å²) in [6, 6.07) is 7.60. The van der Waals surface area contributed by atoms with Gasteiger partial charge in [0.1, 0.15) is 5.60 Å². The fourth-order valence-electron chi connectivity index (χ4n) is 2.80. The van der Waals surface area contributed by atoms with Gasteiger partial charge in [-0.15, -0.1) is 22.7 Å².